The second kappa shape index (κ2) is 5.99. The maximum Gasteiger partial charge on any atom is 0.407 e. The van der Waals surface area contributed by atoms with E-state index in [-0.39, 0.29) is 41.6 Å². The lowest BCUT2D eigenvalue weighted by Crippen LogP contribution is -2.22. The van der Waals surface area contributed by atoms with E-state index in [2.05, 4.69) is 52.9 Å². The summed E-state index contributed by atoms with van der Waals surface area (Å²) in [7, 11) is 0. The molecule has 2 rings (SSSR count). The highest BCUT2D eigenvalue weighted by molar-refractivity contribution is 5.85. The zero-order chi connectivity index (χ0) is 16.0. The van der Waals surface area contributed by atoms with Gasteiger partial charge in [0, 0.05) is 5.56 Å². The van der Waals surface area contributed by atoms with Crippen molar-refractivity contribution >= 4 is 18.5 Å². The number of halogens is 1. The first-order valence-corrected chi connectivity index (χ1v) is 7.31. The summed E-state index contributed by atoms with van der Waals surface area (Å²) in [6.07, 6.45) is -0.433. The average molecular weight is 328 g/mol. The van der Waals surface area contributed by atoms with Crippen molar-refractivity contribution in [1.82, 2.24) is 5.32 Å². The van der Waals surface area contributed by atoms with Crippen LogP contribution in [0, 0.1) is 0 Å². The van der Waals surface area contributed by atoms with Gasteiger partial charge in [-0.05, 0) is 28.0 Å². The van der Waals surface area contributed by atoms with Crippen LogP contribution in [0.4, 0.5) is 4.79 Å². The van der Waals surface area contributed by atoms with Gasteiger partial charge in [-0.15, -0.1) is 12.4 Å². The van der Waals surface area contributed by atoms with Gasteiger partial charge in [-0.1, -0.05) is 47.6 Å². The number of hydrogen-bond acceptors (Lipinski definition) is 3. The Morgan fingerprint density at radius 2 is 1.73 bits per heavy atom. The van der Waals surface area contributed by atoms with Gasteiger partial charge in [-0.25, -0.2) is 4.79 Å². The molecule has 0 unspecified atom stereocenters. The normalized spacial score (nSPS) is 18.5. The van der Waals surface area contributed by atoms with Crippen LogP contribution in [0.2, 0.25) is 0 Å². The molecule has 2 N–H and O–H groups in total. The molecule has 1 saturated heterocycles. The molecule has 22 heavy (non-hydrogen) atoms. The van der Waals surface area contributed by atoms with Crippen LogP contribution in [0.3, 0.4) is 0 Å². The predicted octanol–water partition coefficient (Wildman–Crippen LogP) is 4.19. The van der Waals surface area contributed by atoms with Gasteiger partial charge in [0.05, 0.1) is 6.04 Å². The fourth-order valence-corrected chi connectivity index (χ4v) is 2.48. The third-order valence-electron chi connectivity index (χ3n) is 3.86. The van der Waals surface area contributed by atoms with Gasteiger partial charge in [0.15, 0.2) is 0 Å². The zero-order valence-corrected chi connectivity index (χ0v) is 14.9. The van der Waals surface area contributed by atoms with Gasteiger partial charge in [0.2, 0.25) is 0 Å². The fourth-order valence-electron chi connectivity index (χ4n) is 2.48. The largest absolute Gasteiger partial charge is 0.507 e. The first kappa shape index (κ1) is 18.6. The number of benzene rings is 1. The van der Waals surface area contributed by atoms with Crippen molar-refractivity contribution in [2.45, 2.75) is 58.4 Å². The Morgan fingerprint density at radius 3 is 2.14 bits per heavy atom. The maximum atomic E-state index is 11.3. The van der Waals surface area contributed by atoms with Crippen molar-refractivity contribution in [2.75, 3.05) is 6.61 Å². The van der Waals surface area contributed by atoms with Crippen LogP contribution < -0.4 is 5.32 Å². The van der Waals surface area contributed by atoms with Crippen LogP contribution >= 0.6 is 12.4 Å². The number of aromatic hydroxyl groups is 1. The molecule has 1 aromatic carbocycles. The van der Waals surface area contributed by atoms with Crippen LogP contribution in [-0.2, 0) is 15.6 Å². The van der Waals surface area contributed by atoms with Crippen LogP contribution in [-0.4, -0.2) is 17.8 Å². The van der Waals surface area contributed by atoms with Crippen molar-refractivity contribution in [3.05, 3.63) is 28.8 Å². The van der Waals surface area contributed by atoms with E-state index in [1.54, 1.807) is 0 Å². The molecule has 1 aliphatic heterocycles. The van der Waals surface area contributed by atoms with E-state index in [0.29, 0.717) is 0 Å². The average Bonchev–Trinajstić information content (AvgIpc) is 2.72. The number of amides is 1. The van der Waals surface area contributed by atoms with Gasteiger partial charge >= 0.3 is 6.09 Å². The summed E-state index contributed by atoms with van der Waals surface area (Å²) in [6.45, 7) is 12.9. The number of hydrogen-bond donors (Lipinski definition) is 2. The number of carbonyl (C=O) groups is 1. The Morgan fingerprint density at radius 1 is 1.14 bits per heavy atom. The molecule has 124 valence electrons. The minimum absolute atomic E-state index is 0. The third-order valence-corrected chi connectivity index (χ3v) is 3.86. The summed E-state index contributed by atoms with van der Waals surface area (Å²) < 4.78 is 4.96. The first-order valence-electron chi connectivity index (χ1n) is 7.31. The van der Waals surface area contributed by atoms with Gasteiger partial charge in [-0.2, -0.15) is 0 Å². The number of carbonyl (C=O) groups excluding carboxylic acids is 1. The van der Waals surface area contributed by atoms with E-state index < -0.39 is 6.09 Å². The quantitative estimate of drug-likeness (QED) is 0.813. The van der Waals surface area contributed by atoms with E-state index >= 15 is 0 Å². The zero-order valence-electron chi connectivity index (χ0n) is 14.1. The highest BCUT2D eigenvalue weighted by Crippen LogP contribution is 2.40. The SMILES string of the molecule is CC(C)(C)c1cc([C@@H]2COC(=O)N2)c(O)c(C(C)(C)C)c1.Cl. The molecular formula is C17H26ClNO3. The Labute approximate surface area is 138 Å². The minimum atomic E-state index is -0.433. The summed E-state index contributed by atoms with van der Waals surface area (Å²) >= 11 is 0. The maximum absolute atomic E-state index is 11.3. The van der Waals surface area contributed by atoms with Crippen LogP contribution in [0.25, 0.3) is 0 Å². The van der Waals surface area contributed by atoms with Crippen molar-refractivity contribution in [2.24, 2.45) is 0 Å². The molecule has 0 radical (unpaired) electrons. The minimum Gasteiger partial charge on any atom is -0.507 e. The number of alkyl carbamates (subject to hydrolysis) is 1. The molecule has 1 aliphatic rings. The lowest BCUT2D eigenvalue weighted by Gasteiger charge is -2.28. The number of phenolic OH excluding ortho intramolecular Hbond substituents is 1. The lowest BCUT2D eigenvalue weighted by molar-refractivity contribution is 0.176. The highest BCUT2D eigenvalue weighted by Gasteiger charge is 2.31. The summed E-state index contributed by atoms with van der Waals surface area (Å²) in [5.41, 5.74) is 2.56. The Bertz CT molecular complexity index is 570. The number of cyclic esters (lactones) is 1. The van der Waals surface area contributed by atoms with Gasteiger partial charge in [-0.3, -0.25) is 0 Å². The third kappa shape index (κ3) is 3.67. The van der Waals surface area contributed by atoms with E-state index in [9.17, 15) is 9.90 Å². The van der Waals surface area contributed by atoms with Crippen LogP contribution in [0.15, 0.2) is 12.1 Å². The monoisotopic (exact) mass is 327 g/mol. The topological polar surface area (TPSA) is 58.6 Å². The highest BCUT2D eigenvalue weighted by atomic mass is 35.5. The Hall–Kier alpha value is -1.42. The molecule has 0 bridgehead atoms. The second-order valence-corrected chi connectivity index (χ2v) is 7.76. The smallest absolute Gasteiger partial charge is 0.407 e. The van der Waals surface area contributed by atoms with E-state index in [1.165, 1.54) is 0 Å². The fraction of sp³-hybridized carbons (Fsp3) is 0.588. The van der Waals surface area contributed by atoms with Crippen molar-refractivity contribution in [1.29, 1.82) is 0 Å². The predicted molar refractivity (Wildman–Crippen MR) is 90.0 cm³/mol. The molecule has 1 heterocycles. The van der Waals surface area contributed by atoms with E-state index in [0.717, 1.165) is 16.7 Å². The molecule has 0 saturated carbocycles. The number of ether oxygens (including phenoxy) is 1. The van der Waals surface area contributed by atoms with Gasteiger partial charge in [0.25, 0.3) is 0 Å². The molecule has 1 amide bonds. The molecular weight excluding hydrogens is 302 g/mol. The van der Waals surface area contributed by atoms with Crippen LogP contribution in [0.1, 0.15) is 64.3 Å². The van der Waals surface area contributed by atoms with Crippen molar-refractivity contribution < 1.29 is 14.6 Å². The Kier molecular flexibility index (Phi) is 5.08. The standard InChI is InChI=1S/C17H25NO3.ClH/c1-16(2,3)10-7-11(13-9-21-15(20)18-13)14(19)12(8-10)17(4,5)6;/h7-8,13,19H,9H2,1-6H3,(H,18,20);1H/t13-;/m0./s1. The van der Waals surface area contributed by atoms with E-state index in [4.69, 9.17) is 4.74 Å². The van der Waals surface area contributed by atoms with Gasteiger partial charge < -0.3 is 15.2 Å². The summed E-state index contributed by atoms with van der Waals surface area (Å²) in [6, 6.07) is 3.75. The summed E-state index contributed by atoms with van der Waals surface area (Å²) in [4.78, 5) is 11.3. The van der Waals surface area contributed by atoms with Crippen molar-refractivity contribution in [3.63, 3.8) is 0 Å². The summed E-state index contributed by atoms with van der Waals surface area (Å²) in [5, 5.41) is 13.4. The van der Waals surface area contributed by atoms with Gasteiger partial charge in [0.1, 0.15) is 12.4 Å². The molecule has 1 atom stereocenters. The molecule has 1 fully saturated rings. The van der Waals surface area contributed by atoms with Crippen LogP contribution in [0.5, 0.6) is 5.75 Å². The molecule has 0 aliphatic carbocycles. The number of phenols is 1. The summed E-state index contributed by atoms with van der Waals surface area (Å²) in [5.74, 6) is 0.256. The molecule has 1 aromatic rings. The molecule has 4 nitrogen and oxygen atoms in total. The van der Waals surface area contributed by atoms with E-state index in [1.807, 2.05) is 6.07 Å². The lowest BCUT2D eigenvalue weighted by atomic mass is 9.78. The second-order valence-electron chi connectivity index (χ2n) is 7.76. The number of nitrogens with one attached hydrogen (secondary N) is 1. The molecule has 5 heteroatoms. The van der Waals surface area contributed by atoms with Crippen molar-refractivity contribution in [3.8, 4) is 5.75 Å². The Balaban J connectivity index is 0.00000242. The first-order chi connectivity index (χ1) is 9.50. The number of rotatable bonds is 1. The molecule has 0 aromatic heterocycles. The molecule has 0 spiro atoms.